The first-order chi connectivity index (χ1) is 12.5. The van der Waals surface area contributed by atoms with Crippen molar-refractivity contribution in [1.29, 1.82) is 0 Å². The van der Waals surface area contributed by atoms with Crippen molar-refractivity contribution in [2.45, 2.75) is 32.4 Å². The summed E-state index contributed by atoms with van der Waals surface area (Å²) >= 11 is 0. The van der Waals surface area contributed by atoms with E-state index in [2.05, 4.69) is 45.5 Å². The molecule has 0 aliphatic rings. The number of ether oxygens (including phenoxy) is 1. The minimum absolute atomic E-state index is 0.496. The summed E-state index contributed by atoms with van der Waals surface area (Å²) in [5.74, 6) is 0. The van der Waals surface area contributed by atoms with E-state index in [0.29, 0.717) is 6.73 Å². The number of aromatic amines is 1. The molecule has 0 aliphatic carbocycles. The third kappa shape index (κ3) is 3.27. The molecule has 4 rings (SSSR count). The van der Waals surface area contributed by atoms with Crippen molar-refractivity contribution in [3.63, 3.8) is 0 Å². The van der Waals surface area contributed by atoms with Crippen LogP contribution >= 0.6 is 0 Å². The number of aromatic nitrogens is 5. The van der Waals surface area contributed by atoms with Gasteiger partial charge in [0.2, 0.25) is 0 Å². The lowest BCUT2D eigenvalue weighted by Crippen LogP contribution is -2.22. The van der Waals surface area contributed by atoms with Crippen molar-refractivity contribution in [1.82, 2.24) is 24.7 Å². The Morgan fingerprint density at radius 1 is 1.12 bits per heavy atom. The maximum Gasteiger partial charge on any atom is 0.143 e. The molecular formula is C19H23N5OSi. The van der Waals surface area contributed by atoms with E-state index in [1.54, 1.807) is 6.20 Å². The average Bonchev–Trinajstić information content (AvgIpc) is 3.24. The zero-order valence-corrected chi connectivity index (χ0v) is 16.4. The highest BCUT2D eigenvalue weighted by atomic mass is 28.3. The molecule has 0 radical (unpaired) electrons. The molecule has 0 atom stereocenters. The van der Waals surface area contributed by atoms with Crippen molar-refractivity contribution in [3.8, 4) is 11.3 Å². The van der Waals surface area contributed by atoms with Crippen molar-refractivity contribution in [2.75, 3.05) is 6.61 Å². The quantitative estimate of drug-likeness (QED) is 0.409. The summed E-state index contributed by atoms with van der Waals surface area (Å²) in [4.78, 5) is 9.17. The molecule has 0 fully saturated rings. The average molecular weight is 366 g/mol. The molecule has 6 nitrogen and oxygen atoms in total. The second-order valence-corrected chi connectivity index (χ2v) is 13.3. The van der Waals surface area contributed by atoms with Gasteiger partial charge in [-0.05, 0) is 24.2 Å². The molecule has 0 saturated heterocycles. The molecular weight excluding hydrogens is 342 g/mol. The molecule has 0 unspecified atom stereocenters. The van der Waals surface area contributed by atoms with E-state index in [4.69, 9.17) is 9.72 Å². The number of hydrogen-bond donors (Lipinski definition) is 1. The van der Waals surface area contributed by atoms with Gasteiger partial charge in [-0.3, -0.25) is 10.1 Å². The van der Waals surface area contributed by atoms with Gasteiger partial charge < -0.3 is 9.30 Å². The molecule has 4 aromatic rings. The fourth-order valence-electron chi connectivity index (χ4n) is 3.03. The van der Waals surface area contributed by atoms with E-state index in [1.807, 2.05) is 30.7 Å². The third-order valence-electron chi connectivity index (χ3n) is 4.52. The van der Waals surface area contributed by atoms with Gasteiger partial charge in [-0.25, -0.2) is 4.98 Å². The van der Waals surface area contributed by atoms with Gasteiger partial charge in [-0.15, -0.1) is 0 Å². The second-order valence-electron chi connectivity index (χ2n) is 7.72. The van der Waals surface area contributed by atoms with Crippen LogP contribution in [-0.4, -0.2) is 39.4 Å². The summed E-state index contributed by atoms with van der Waals surface area (Å²) in [5, 5.41) is 9.06. The maximum absolute atomic E-state index is 6.02. The zero-order valence-electron chi connectivity index (χ0n) is 15.4. The van der Waals surface area contributed by atoms with Crippen LogP contribution < -0.4 is 0 Å². The molecule has 0 aliphatic heterocycles. The molecule has 0 aromatic carbocycles. The number of pyridine rings is 2. The Bertz CT molecular complexity index is 1030. The molecule has 4 heterocycles. The lowest BCUT2D eigenvalue weighted by Gasteiger charge is -2.16. The lowest BCUT2D eigenvalue weighted by atomic mass is 10.2. The van der Waals surface area contributed by atoms with Gasteiger partial charge in [0, 0.05) is 49.6 Å². The first-order valence-corrected chi connectivity index (χ1v) is 12.5. The Balaban J connectivity index is 1.74. The van der Waals surface area contributed by atoms with Crippen LogP contribution in [0.25, 0.3) is 33.2 Å². The number of hydrogen-bond acceptors (Lipinski definition) is 4. The summed E-state index contributed by atoms with van der Waals surface area (Å²) in [6, 6.07) is 7.30. The Morgan fingerprint density at radius 2 is 2.00 bits per heavy atom. The van der Waals surface area contributed by atoms with Gasteiger partial charge in [-0.2, -0.15) is 5.10 Å². The smallest absolute Gasteiger partial charge is 0.143 e. The summed E-state index contributed by atoms with van der Waals surface area (Å²) in [5.41, 5.74) is 3.88. The highest BCUT2D eigenvalue weighted by molar-refractivity contribution is 6.76. The molecule has 0 amide bonds. The monoisotopic (exact) mass is 365 g/mol. The van der Waals surface area contributed by atoms with Crippen LogP contribution in [0.2, 0.25) is 25.7 Å². The fraction of sp³-hybridized carbons (Fsp3) is 0.316. The number of nitrogens with zero attached hydrogens (tertiary/aromatic N) is 4. The number of fused-ring (bicyclic) bond motifs is 3. The SMILES string of the molecule is C[Si](C)(C)CCOCn1c2ccncc2c2ccc(-c3cn[nH]c3)nc21. The van der Waals surface area contributed by atoms with Gasteiger partial charge in [0.05, 0.1) is 17.4 Å². The fourth-order valence-corrected chi connectivity index (χ4v) is 3.78. The minimum Gasteiger partial charge on any atom is -0.361 e. The maximum atomic E-state index is 6.02. The Morgan fingerprint density at radius 3 is 2.77 bits per heavy atom. The molecule has 0 spiro atoms. The summed E-state index contributed by atoms with van der Waals surface area (Å²) in [6.45, 7) is 8.36. The first-order valence-electron chi connectivity index (χ1n) is 8.83. The van der Waals surface area contributed by atoms with E-state index in [1.165, 1.54) is 0 Å². The highest BCUT2D eigenvalue weighted by Gasteiger charge is 2.15. The van der Waals surface area contributed by atoms with Crippen molar-refractivity contribution in [3.05, 3.63) is 43.0 Å². The first kappa shape index (κ1) is 16.9. The summed E-state index contributed by atoms with van der Waals surface area (Å²) in [7, 11) is -1.10. The van der Waals surface area contributed by atoms with Crippen LogP contribution in [0.3, 0.4) is 0 Å². The molecule has 26 heavy (non-hydrogen) atoms. The second kappa shape index (κ2) is 6.66. The standard InChI is InChI=1S/C19H23N5OSi/c1-26(2,3)9-8-25-13-24-18-6-7-20-12-16(18)15-4-5-17(23-19(15)24)14-10-21-22-11-14/h4-7,10-12H,8-9,13H2,1-3H3,(H,21,22). The normalized spacial score (nSPS) is 12.3. The molecule has 7 heteroatoms. The number of H-pyrrole nitrogens is 1. The van der Waals surface area contributed by atoms with E-state index in [0.717, 1.165) is 45.8 Å². The van der Waals surface area contributed by atoms with Crippen LogP contribution in [0, 0.1) is 0 Å². The predicted molar refractivity (Wildman–Crippen MR) is 107 cm³/mol. The van der Waals surface area contributed by atoms with Crippen molar-refractivity contribution in [2.24, 2.45) is 0 Å². The van der Waals surface area contributed by atoms with Gasteiger partial charge in [0.15, 0.2) is 0 Å². The van der Waals surface area contributed by atoms with Gasteiger partial charge in [0.25, 0.3) is 0 Å². The van der Waals surface area contributed by atoms with Crippen LogP contribution in [0.15, 0.2) is 43.0 Å². The van der Waals surface area contributed by atoms with Gasteiger partial charge in [0.1, 0.15) is 12.4 Å². The van der Waals surface area contributed by atoms with Crippen LogP contribution in [0.1, 0.15) is 0 Å². The topological polar surface area (TPSA) is 68.6 Å². The Labute approximate surface area is 153 Å². The van der Waals surface area contributed by atoms with E-state index in [9.17, 15) is 0 Å². The minimum atomic E-state index is -1.10. The van der Waals surface area contributed by atoms with Crippen LogP contribution in [0.5, 0.6) is 0 Å². The predicted octanol–water partition coefficient (Wildman–Crippen LogP) is 4.29. The zero-order chi connectivity index (χ0) is 18.1. The van der Waals surface area contributed by atoms with Gasteiger partial charge >= 0.3 is 0 Å². The van der Waals surface area contributed by atoms with Crippen LogP contribution in [-0.2, 0) is 11.5 Å². The van der Waals surface area contributed by atoms with Gasteiger partial charge in [-0.1, -0.05) is 19.6 Å². The van der Waals surface area contributed by atoms with Crippen LogP contribution in [0.4, 0.5) is 0 Å². The number of rotatable bonds is 6. The summed E-state index contributed by atoms with van der Waals surface area (Å²) in [6.07, 6.45) is 7.35. The largest absolute Gasteiger partial charge is 0.361 e. The summed E-state index contributed by atoms with van der Waals surface area (Å²) < 4.78 is 8.16. The molecule has 4 aromatic heterocycles. The van der Waals surface area contributed by atoms with Crippen molar-refractivity contribution >= 4 is 30.0 Å². The number of nitrogens with one attached hydrogen (secondary N) is 1. The lowest BCUT2D eigenvalue weighted by molar-refractivity contribution is 0.0926. The van der Waals surface area contributed by atoms with Crippen molar-refractivity contribution < 1.29 is 4.74 Å². The van der Waals surface area contributed by atoms with E-state index < -0.39 is 8.07 Å². The highest BCUT2D eigenvalue weighted by Crippen LogP contribution is 2.29. The van der Waals surface area contributed by atoms with E-state index in [-0.39, 0.29) is 0 Å². The van der Waals surface area contributed by atoms with E-state index >= 15 is 0 Å². The third-order valence-corrected chi connectivity index (χ3v) is 6.22. The molecule has 134 valence electrons. The Hall–Kier alpha value is -2.51. The molecule has 0 bridgehead atoms. The molecule has 1 N–H and O–H groups in total. The Kier molecular flexibility index (Phi) is 4.34. The molecule has 0 saturated carbocycles.